The molecule has 0 aliphatic rings. The fourth-order valence-corrected chi connectivity index (χ4v) is 3.12. The average Bonchev–Trinajstić information content (AvgIpc) is 2.80. The van der Waals surface area contributed by atoms with E-state index >= 15 is 0 Å². The SMILES string of the molecule is Cc1cccc(NC(=O)C(=O)N/N=C\c2ccccc2OCC(=O)Nc2ccc(C)cc2C)c1. The largest absolute Gasteiger partial charge is 0.483 e. The van der Waals surface area contributed by atoms with Crippen molar-refractivity contribution in [2.24, 2.45) is 5.10 Å². The molecule has 0 heterocycles. The van der Waals surface area contributed by atoms with Gasteiger partial charge in [-0.05, 0) is 62.2 Å². The summed E-state index contributed by atoms with van der Waals surface area (Å²) in [6, 6.07) is 19.7. The second-order valence-electron chi connectivity index (χ2n) is 7.72. The van der Waals surface area contributed by atoms with Crippen LogP contribution in [-0.4, -0.2) is 30.5 Å². The highest BCUT2D eigenvalue weighted by Gasteiger charge is 2.13. The summed E-state index contributed by atoms with van der Waals surface area (Å²) in [7, 11) is 0. The fourth-order valence-electron chi connectivity index (χ4n) is 3.12. The van der Waals surface area contributed by atoms with Gasteiger partial charge in [-0.15, -0.1) is 0 Å². The number of carbonyl (C=O) groups is 3. The zero-order valence-corrected chi connectivity index (χ0v) is 19.2. The zero-order valence-electron chi connectivity index (χ0n) is 19.2. The summed E-state index contributed by atoms with van der Waals surface area (Å²) in [6.45, 7) is 5.58. The number of para-hydroxylation sites is 1. The van der Waals surface area contributed by atoms with E-state index in [1.807, 2.05) is 45.0 Å². The molecule has 0 bridgehead atoms. The van der Waals surface area contributed by atoms with Gasteiger partial charge in [0.05, 0.1) is 6.21 Å². The van der Waals surface area contributed by atoms with Crippen LogP contribution in [0.15, 0.2) is 71.8 Å². The number of rotatable bonds is 7. The molecule has 0 atom stereocenters. The molecule has 0 aliphatic heterocycles. The van der Waals surface area contributed by atoms with E-state index in [9.17, 15) is 14.4 Å². The quantitative estimate of drug-likeness (QED) is 0.285. The van der Waals surface area contributed by atoms with Crippen molar-refractivity contribution >= 4 is 35.3 Å². The van der Waals surface area contributed by atoms with Crippen LogP contribution in [0, 0.1) is 20.8 Å². The van der Waals surface area contributed by atoms with Crippen LogP contribution in [0.1, 0.15) is 22.3 Å². The Hall–Kier alpha value is -4.46. The summed E-state index contributed by atoms with van der Waals surface area (Å²) >= 11 is 0. The van der Waals surface area contributed by atoms with Crippen molar-refractivity contribution in [1.29, 1.82) is 0 Å². The second-order valence-corrected chi connectivity index (χ2v) is 7.72. The highest BCUT2D eigenvalue weighted by atomic mass is 16.5. The van der Waals surface area contributed by atoms with Crippen molar-refractivity contribution in [3.05, 3.63) is 89.0 Å². The number of hydrazone groups is 1. The first-order chi connectivity index (χ1) is 16.3. The molecular formula is C26H26N4O4. The van der Waals surface area contributed by atoms with E-state index in [-0.39, 0.29) is 12.5 Å². The van der Waals surface area contributed by atoms with E-state index in [1.54, 1.807) is 42.5 Å². The van der Waals surface area contributed by atoms with Crippen molar-refractivity contribution in [3.63, 3.8) is 0 Å². The zero-order chi connectivity index (χ0) is 24.5. The summed E-state index contributed by atoms with van der Waals surface area (Å²) in [5, 5.41) is 9.16. The van der Waals surface area contributed by atoms with Crippen LogP contribution in [0.5, 0.6) is 5.75 Å². The van der Waals surface area contributed by atoms with Crippen molar-refractivity contribution in [2.45, 2.75) is 20.8 Å². The molecule has 3 N–H and O–H groups in total. The van der Waals surface area contributed by atoms with Gasteiger partial charge in [-0.3, -0.25) is 14.4 Å². The van der Waals surface area contributed by atoms with Crippen molar-refractivity contribution in [3.8, 4) is 5.75 Å². The number of amides is 3. The molecule has 174 valence electrons. The Bertz CT molecular complexity index is 1240. The second kappa shape index (κ2) is 11.4. The highest BCUT2D eigenvalue weighted by molar-refractivity contribution is 6.39. The van der Waals surface area contributed by atoms with Crippen molar-refractivity contribution in [2.75, 3.05) is 17.2 Å². The summed E-state index contributed by atoms with van der Waals surface area (Å²) < 4.78 is 5.63. The summed E-state index contributed by atoms with van der Waals surface area (Å²) in [5.74, 6) is -1.65. The molecule has 3 rings (SSSR count). The molecule has 0 saturated heterocycles. The minimum absolute atomic E-state index is 0.205. The van der Waals surface area contributed by atoms with Crippen molar-refractivity contribution < 1.29 is 19.1 Å². The lowest BCUT2D eigenvalue weighted by Crippen LogP contribution is -2.32. The molecule has 0 radical (unpaired) electrons. The van der Waals surface area contributed by atoms with Gasteiger partial charge in [-0.1, -0.05) is 42.0 Å². The van der Waals surface area contributed by atoms with E-state index < -0.39 is 11.8 Å². The maximum Gasteiger partial charge on any atom is 0.329 e. The number of nitrogens with zero attached hydrogens (tertiary/aromatic N) is 1. The molecule has 34 heavy (non-hydrogen) atoms. The lowest BCUT2D eigenvalue weighted by Gasteiger charge is -2.11. The smallest absolute Gasteiger partial charge is 0.329 e. The van der Waals surface area contributed by atoms with E-state index in [1.165, 1.54) is 6.21 Å². The van der Waals surface area contributed by atoms with Crippen LogP contribution in [0.4, 0.5) is 11.4 Å². The van der Waals surface area contributed by atoms with Crippen LogP contribution in [0.3, 0.4) is 0 Å². The minimum atomic E-state index is -0.913. The van der Waals surface area contributed by atoms with Gasteiger partial charge in [0.2, 0.25) is 0 Å². The summed E-state index contributed by atoms with van der Waals surface area (Å²) in [5.41, 5.74) is 6.98. The molecular weight excluding hydrogens is 432 g/mol. The Labute approximate surface area is 198 Å². The Morgan fingerprint density at radius 2 is 1.62 bits per heavy atom. The maximum atomic E-state index is 12.3. The fraction of sp³-hybridized carbons (Fsp3) is 0.154. The third-order valence-corrected chi connectivity index (χ3v) is 4.79. The number of hydrogen-bond donors (Lipinski definition) is 3. The van der Waals surface area contributed by atoms with Gasteiger partial charge in [-0.2, -0.15) is 5.10 Å². The predicted molar refractivity (Wildman–Crippen MR) is 132 cm³/mol. The average molecular weight is 459 g/mol. The molecule has 8 nitrogen and oxygen atoms in total. The summed E-state index contributed by atoms with van der Waals surface area (Å²) in [4.78, 5) is 36.4. The molecule has 8 heteroatoms. The molecule has 0 saturated carbocycles. The van der Waals surface area contributed by atoms with Gasteiger partial charge in [0.15, 0.2) is 6.61 Å². The molecule has 3 aromatic carbocycles. The topological polar surface area (TPSA) is 109 Å². The van der Waals surface area contributed by atoms with Gasteiger partial charge >= 0.3 is 11.8 Å². The number of aryl methyl sites for hydroxylation is 3. The van der Waals surface area contributed by atoms with Gasteiger partial charge in [0.25, 0.3) is 5.91 Å². The monoisotopic (exact) mass is 458 g/mol. The van der Waals surface area contributed by atoms with Gasteiger partial charge < -0.3 is 15.4 Å². The maximum absolute atomic E-state index is 12.3. The number of ether oxygens (including phenoxy) is 1. The number of nitrogens with one attached hydrogen (secondary N) is 3. The van der Waals surface area contributed by atoms with Crippen LogP contribution in [0.25, 0.3) is 0 Å². The van der Waals surface area contributed by atoms with Gasteiger partial charge in [-0.25, -0.2) is 5.43 Å². The van der Waals surface area contributed by atoms with Crippen LogP contribution < -0.4 is 20.8 Å². The molecule has 3 amide bonds. The van der Waals surface area contributed by atoms with Crippen LogP contribution in [0.2, 0.25) is 0 Å². The lowest BCUT2D eigenvalue weighted by atomic mass is 10.1. The first-order valence-electron chi connectivity index (χ1n) is 10.6. The first kappa shape index (κ1) is 24.2. The minimum Gasteiger partial charge on any atom is -0.483 e. The standard InChI is InChI=1S/C26H26N4O4/c1-17-7-6-9-21(14-17)28-25(32)26(33)30-27-15-20-8-4-5-10-23(20)34-16-24(31)29-22-12-11-18(2)13-19(22)3/h4-15H,16H2,1-3H3,(H,28,32)(H,29,31)(H,30,33)/b27-15-. The molecule has 0 unspecified atom stereocenters. The Morgan fingerprint density at radius 3 is 2.38 bits per heavy atom. The molecule has 0 fully saturated rings. The summed E-state index contributed by atoms with van der Waals surface area (Å²) in [6.07, 6.45) is 1.34. The van der Waals surface area contributed by atoms with E-state index in [2.05, 4.69) is 21.2 Å². The molecule has 0 aliphatic carbocycles. The van der Waals surface area contributed by atoms with Crippen LogP contribution in [-0.2, 0) is 14.4 Å². The third-order valence-electron chi connectivity index (χ3n) is 4.79. The predicted octanol–water partition coefficient (Wildman–Crippen LogP) is 3.72. The third kappa shape index (κ3) is 7.03. The first-order valence-corrected chi connectivity index (χ1v) is 10.6. The van der Waals surface area contributed by atoms with E-state index in [0.29, 0.717) is 17.0 Å². The number of anilines is 2. The normalized spacial score (nSPS) is 10.6. The Kier molecular flexibility index (Phi) is 8.12. The highest BCUT2D eigenvalue weighted by Crippen LogP contribution is 2.18. The lowest BCUT2D eigenvalue weighted by molar-refractivity contribution is -0.136. The number of hydrogen-bond acceptors (Lipinski definition) is 5. The van der Waals surface area contributed by atoms with E-state index in [4.69, 9.17) is 4.74 Å². The molecule has 0 aromatic heterocycles. The van der Waals surface area contributed by atoms with Crippen molar-refractivity contribution in [1.82, 2.24) is 5.43 Å². The molecule has 0 spiro atoms. The van der Waals surface area contributed by atoms with E-state index in [0.717, 1.165) is 22.4 Å². The van der Waals surface area contributed by atoms with Crippen LogP contribution >= 0.6 is 0 Å². The van der Waals surface area contributed by atoms with Gasteiger partial charge in [0.1, 0.15) is 5.75 Å². The van der Waals surface area contributed by atoms with Gasteiger partial charge in [0, 0.05) is 16.9 Å². The Morgan fingerprint density at radius 1 is 0.853 bits per heavy atom. The number of carbonyl (C=O) groups excluding carboxylic acids is 3. The number of benzene rings is 3. The molecule has 3 aromatic rings. The Balaban J connectivity index is 1.54.